The Kier molecular flexibility index (Phi) is 7.56. The van der Waals surface area contributed by atoms with Gasteiger partial charge in [0.2, 0.25) is 5.91 Å². The Morgan fingerprint density at radius 2 is 1.50 bits per heavy atom. The molecule has 0 saturated carbocycles. The van der Waals surface area contributed by atoms with Crippen molar-refractivity contribution in [3.63, 3.8) is 0 Å². The number of methoxy groups -OCH3 is 1. The summed E-state index contributed by atoms with van der Waals surface area (Å²) in [5.74, 6) is -0.0166. The predicted octanol–water partition coefficient (Wildman–Crippen LogP) is 4.86. The van der Waals surface area contributed by atoms with Crippen LogP contribution in [0, 0.1) is 0 Å². The largest absolute Gasteiger partial charge is 0.489 e. The summed E-state index contributed by atoms with van der Waals surface area (Å²) in [5.41, 5.74) is 2.82. The van der Waals surface area contributed by atoms with Gasteiger partial charge >= 0.3 is 5.97 Å². The molecule has 4 aromatic carbocycles. The van der Waals surface area contributed by atoms with Crippen LogP contribution in [0.1, 0.15) is 16.7 Å². The third-order valence-corrected chi connectivity index (χ3v) is 5.59. The second-order valence-corrected chi connectivity index (χ2v) is 8.13. The molecule has 0 aliphatic carbocycles. The number of nitrogens with one attached hydrogen (secondary N) is 1. The number of hydrogen-bond acceptors (Lipinski definition) is 4. The average molecular weight is 454 g/mol. The van der Waals surface area contributed by atoms with Gasteiger partial charge < -0.3 is 14.8 Å². The zero-order chi connectivity index (χ0) is 23.8. The number of esters is 1. The minimum absolute atomic E-state index is 0.179. The number of amides is 1. The van der Waals surface area contributed by atoms with Crippen molar-refractivity contribution in [2.75, 3.05) is 7.11 Å². The van der Waals surface area contributed by atoms with Gasteiger partial charge in [0.15, 0.2) is 0 Å². The summed E-state index contributed by atoms with van der Waals surface area (Å²) in [4.78, 5) is 25.2. The van der Waals surface area contributed by atoms with Crippen LogP contribution in [0.4, 0.5) is 0 Å². The molecule has 0 bridgehead atoms. The molecule has 4 rings (SSSR count). The Morgan fingerprint density at radius 3 is 2.29 bits per heavy atom. The lowest BCUT2D eigenvalue weighted by Crippen LogP contribution is -2.43. The van der Waals surface area contributed by atoms with Crippen molar-refractivity contribution in [2.24, 2.45) is 0 Å². The molecule has 0 heterocycles. The van der Waals surface area contributed by atoms with E-state index >= 15 is 0 Å². The first-order chi connectivity index (χ1) is 16.6. The summed E-state index contributed by atoms with van der Waals surface area (Å²) in [5, 5.41) is 5.03. The van der Waals surface area contributed by atoms with E-state index < -0.39 is 12.0 Å². The zero-order valence-corrected chi connectivity index (χ0v) is 19.1. The van der Waals surface area contributed by atoms with Crippen LogP contribution in [0.3, 0.4) is 0 Å². The first-order valence-corrected chi connectivity index (χ1v) is 11.2. The first-order valence-electron chi connectivity index (χ1n) is 11.2. The number of hydrogen-bond donors (Lipinski definition) is 1. The van der Waals surface area contributed by atoms with Crippen LogP contribution < -0.4 is 10.1 Å². The van der Waals surface area contributed by atoms with Gasteiger partial charge in [-0.05, 0) is 39.6 Å². The quantitative estimate of drug-likeness (QED) is 0.368. The number of benzene rings is 4. The average Bonchev–Trinajstić information content (AvgIpc) is 2.87. The van der Waals surface area contributed by atoms with Gasteiger partial charge in [0.05, 0.1) is 13.5 Å². The summed E-state index contributed by atoms with van der Waals surface area (Å²) in [6, 6.07) is 30.6. The first kappa shape index (κ1) is 23.1. The van der Waals surface area contributed by atoms with Crippen molar-refractivity contribution in [3.05, 3.63) is 114 Å². The van der Waals surface area contributed by atoms with Crippen molar-refractivity contribution in [3.8, 4) is 5.75 Å². The van der Waals surface area contributed by atoms with E-state index in [1.54, 1.807) is 0 Å². The molecule has 1 N–H and O–H groups in total. The molecule has 0 aromatic heterocycles. The molecule has 4 aromatic rings. The van der Waals surface area contributed by atoms with Gasteiger partial charge in [-0.15, -0.1) is 0 Å². The predicted molar refractivity (Wildman–Crippen MR) is 133 cm³/mol. The van der Waals surface area contributed by atoms with Crippen LogP contribution >= 0.6 is 0 Å². The molecule has 1 atom stereocenters. The molecule has 0 aliphatic heterocycles. The Morgan fingerprint density at radius 1 is 0.765 bits per heavy atom. The van der Waals surface area contributed by atoms with E-state index in [1.165, 1.54) is 7.11 Å². The summed E-state index contributed by atoms with van der Waals surface area (Å²) < 4.78 is 10.8. The fraction of sp³-hybridized carbons (Fsp3) is 0.172. The number of ether oxygens (including phenoxy) is 2. The highest BCUT2D eigenvalue weighted by Gasteiger charge is 2.22. The molecule has 0 radical (unpaired) electrons. The molecule has 172 valence electrons. The molecule has 5 nitrogen and oxygen atoms in total. The van der Waals surface area contributed by atoms with Crippen molar-refractivity contribution >= 4 is 22.6 Å². The maximum atomic E-state index is 12.8. The van der Waals surface area contributed by atoms with Crippen molar-refractivity contribution in [1.29, 1.82) is 0 Å². The molecule has 0 spiro atoms. The van der Waals surface area contributed by atoms with E-state index in [4.69, 9.17) is 9.47 Å². The highest BCUT2D eigenvalue weighted by Crippen LogP contribution is 2.18. The number of rotatable bonds is 9. The Balaban J connectivity index is 1.40. The van der Waals surface area contributed by atoms with Crippen LogP contribution in [-0.2, 0) is 33.8 Å². The van der Waals surface area contributed by atoms with Crippen LogP contribution in [-0.4, -0.2) is 25.0 Å². The molecule has 34 heavy (non-hydrogen) atoms. The van der Waals surface area contributed by atoms with Gasteiger partial charge in [-0.25, -0.2) is 4.79 Å². The standard InChI is InChI=1S/C29H27NO4/c1-33-29(32)27(30-28(31)19-23-14-15-24-11-5-6-12-25(24)16-23)18-22-10-7-13-26(17-22)34-20-21-8-3-2-4-9-21/h2-17,27H,18-20H2,1H3,(H,30,31)/t27-/m1/s1. The van der Waals surface area contributed by atoms with E-state index in [0.29, 0.717) is 18.8 Å². The lowest BCUT2D eigenvalue weighted by atomic mass is 10.0. The molecule has 0 saturated heterocycles. The molecule has 0 fully saturated rings. The smallest absolute Gasteiger partial charge is 0.328 e. The third kappa shape index (κ3) is 6.23. The van der Waals surface area contributed by atoms with E-state index in [9.17, 15) is 9.59 Å². The summed E-state index contributed by atoms with van der Waals surface area (Å²) in [6.07, 6.45) is 0.483. The topological polar surface area (TPSA) is 64.6 Å². The fourth-order valence-corrected chi connectivity index (χ4v) is 3.85. The van der Waals surface area contributed by atoms with Crippen LogP contribution in [0.5, 0.6) is 5.75 Å². The summed E-state index contributed by atoms with van der Waals surface area (Å²) >= 11 is 0. The SMILES string of the molecule is COC(=O)[C@@H](Cc1cccc(OCc2ccccc2)c1)NC(=O)Cc1ccc2ccccc2c1. The zero-order valence-electron chi connectivity index (χ0n) is 19.1. The third-order valence-electron chi connectivity index (χ3n) is 5.59. The van der Waals surface area contributed by atoms with E-state index in [2.05, 4.69) is 5.32 Å². The van der Waals surface area contributed by atoms with Crippen molar-refractivity contribution in [1.82, 2.24) is 5.32 Å². The Labute approximate surface area is 199 Å². The number of carbonyl (C=O) groups excluding carboxylic acids is 2. The van der Waals surface area contributed by atoms with Crippen molar-refractivity contribution in [2.45, 2.75) is 25.5 Å². The van der Waals surface area contributed by atoms with Gasteiger partial charge in [0.25, 0.3) is 0 Å². The van der Waals surface area contributed by atoms with Gasteiger partial charge in [-0.2, -0.15) is 0 Å². The summed E-state index contributed by atoms with van der Waals surface area (Å²) in [7, 11) is 1.32. The minimum Gasteiger partial charge on any atom is -0.489 e. The van der Waals surface area contributed by atoms with Crippen molar-refractivity contribution < 1.29 is 19.1 Å². The highest BCUT2D eigenvalue weighted by molar-refractivity contribution is 5.88. The lowest BCUT2D eigenvalue weighted by molar-refractivity contribution is -0.145. The monoisotopic (exact) mass is 453 g/mol. The number of fused-ring (bicyclic) bond motifs is 1. The normalized spacial score (nSPS) is 11.6. The van der Waals surface area contributed by atoms with E-state index in [1.807, 2.05) is 97.1 Å². The van der Waals surface area contributed by atoms with E-state index in [0.717, 1.165) is 27.5 Å². The Hall–Kier alpha value is -4.12. The van der Waals surface area contributed by atoms with Gasteiger partial charge in [-0.3, -0.25) is 4.79 Å². The fourth-order valence-electron chi connectivity index (χ4n) is 3.85. The molecule has 5 heteroatoms. The molecule has 1 amide bonds. The second kappa shape index (κ2) is 11.1. The lowest BCUT2D eigenvalue weighted by Gasteiger charge is -2.17. The molecular formula is C29H27NO4. The maximum Gasteiger partial charge on any atom is 0.328 e. The highest BCUT2D eigenvalue weighted by atomic mass is 16.5. The van der Waals surface area contributed by atoms with Crippen LogP contribution in [0.2, 0.25) is 0 Å². The minimum atomic E-state index is -0.790. The molecule has 0 unspecified atom stereocenters. The van der Waals surface area contributed by atoms with Gasteiger partial charge in [0.1, 0.15) is 18.4 Å². The molecular weight excluding hydrogens is 426 g/mol. The van der Waals surface area contributed by atoms with Gasteiger partial charge in [-0.1, -0.05) is 84.9 Å². The Bertz CT molecular complexity index is 1270. The summed E-state index contributed by atoms with van der Waals surface area (Å²) in [6.45, 7) is 0.452. The second-order valence-electron chi connectivity index (χ2n) is 8.13. The van der Waals surface area contributed by atoms with Gasteiger partial charge in [0, 0.05) is 6.42 Å². The number of carbonyl (C=O) groups is 2. The van der Waals surface area contributed by atoms with Crippen LogP contribution in [0.25, 0.3) is 10.8 Å². The van der Waals surface area contributed by atoms with Crippen LogP contribution in [0.15, 0.2) is 97.1 Å². The molecule has 0 aliphatic rings. The van der Waals surface area contributed by atoms with E-state index in [-0.39, 0.29) is 12.3 Å². The maximum absolute atomic E-state index is 12.8.